The first-order valence-corrected chi connectivity index (χ1v) is 6.16. The van der Waals surface area contributed by atoms with Crippen LogP contribution in [0.25, 0.3) is 0 Å². The van der Waals surface area contributed by atoms with Crippen molar-refractivity contribution in [2.45, 2.75) is 19.9 Å². The lowest BCUT2D eigenvalue weighted by atomic mass is 10.2. The van der Waals surface area contributed by atoms with E-state index in [4.69, 9.17) is 22.6 Å². The maximum absolute atomic E-state index is 9.14. The van der Waals surface area contributed by atoms with E-state index in [9.17, 15) is 0 Å². The predicted octanol–water partition coefficient (Wildman–Crippen LogP) is 3.21. The molecule has 18 heavy (non-hydrogen) atoms. The molecule has 2 aromatic rings. The van der Waals surface area contributed by atoms with Crippen LogP contribution in [-0.4, -0.2) is 4.57 Å². The van der Waals surface area contributed by atoms with Crippen molar-refractivity contribution in [2.24, 2.45) is 0 Å². The third kappa shape index (κ3) is 2.20. The van der Waals surface area contributed by atoms with Gasteiger partial charge < -0.3 is 10.3 Å². The van der Waals surface area contributed by atoms with Gasteiger partial charge in [0.2, 0.25) is 0 Å². The Morgan fingerprint density at radius 1 is 1.39 bits per heavy atom. The van der Waals surface area contributed by atoms with Crippen molar-refractivity contribution in [2.75, 3.05) is 5.73 Å². The van der Waals surface area contributed by atoms with Gasteiger partial charge in [-0.2, -0.15) is 5.26 Å². The number of hydrogen-bond donors (Lipinski definition) is 1. The SMILES string of the molecule is CCc1c(N)cc(C#N)n1Cc1ccccc1Cl. The van der Waals surface area contributed by atoms with Gasteiger partial charge in [-0.05, 0) is 24.1 Å². The molecular weight excluding hydrogens is 246 g/mol. The molecule has 92 valence electrons. The molecule has 0 spiro atoms. The molecule has 2 N–H and O–H groups in total. The third-order valence-corrected chi connectivity index (χ3v) is 3.35. The second-order valence-corrected chi connectivity index (χ2v) is 4.48. The van der Waals surface area contributed by atoms with E-state index < -0.39 is 0 Å². The van der Waals surface area contributed by atoms with Crippen LogP contribution in [0, 0.1) is 11.3 Å². The minimum Gasteiger partial charge on any atom is -0.397 e. The largest absolute Gasteiger partial charge is 0.397 e. The van der Waals surface area contributed by atoms with Crippen molar-refractivity contribution in [1.29, 1.82) is 5.26 Å². The van der Waals surface area contributed by atoms with Crippen LogP contribution >= 0.6 is 11.6 Å². The number of anilines is 1. The lowest BCUT2D eigenvalue weighted by Crippen LogP contribution is -2.07. The Kier molecular flexibility index (Phi) is 3.59. The quantitative estimate of drug-likeness (QED) is 0.920. The number of aromatic nitrogens is 1. The summed E-state index contributed by atoms with van der Waals surface area (Å²) in [5, 5.41) is 9.84. The maximum Gasteiger partial charge on any atom is 0.122 e. The molecular formula is C14H14ClN3. The number of halogens is 1. The summed E-state index contributed by atoms with van der Waals surface area (Å²) in [5.74, 6) is 0. The van der Waals surface area contributed by atoms with E-state index in [2.05, 4.69) is 6.07 Å². The first-order valence-electron chi connectivity index (χ1n) is 5.78. The summed E-state index contributed by atoms with van der Waals surface area (Å²) >= 11 is 6.14. The number of nitrogens with two attached hydrogens (primary N) is 1. The van der Waals surface area contributed by atoms with Crippen molar-refractivity contribution in [3.8, 4) is 6.07 Å². The Morgan fingerprint density at radius 2 is 2.11 bits per heavy atom. The number of hydrogen-bond acceptors (Lipinski definition) is 2. The van der Waals surface area contributed by atoms with Gasteiger partial charge in [0.15, 0.2) is 0 Å². The molecule has 3 nitrogen and oxygen atoms in total. The third-order valence-electron chi connectivity index (χ3n) is 2.98. The maximum atomic E-state index is 9.14. The number of nitrogen functional groups attached to an aromatic ring is 1. The summed E-state index contributed by atoms with van der Waals surface area (Å²) < 4.78 is 1.93. The van der Waals surface area contributed by atoms with Crippen molar-refractivity contribution in [1.82, 2.24) is 4.57 Å². The fourth-order valence-electron chi connectivity index (χ4n) is 2.07. The van der Waals surface area contributed by atoms with E-state index in [1.54, 1.807) is 6.07 Å². The first-order chi connectivity index (χ1) is 8.67. The van der Waals surface area contributed by atoms with Crippen LogP contribution in [-0.2, 0) is 13.0 Å². The molecule has 0 saturated carbocycles. The Balaban J connectivity index is 2.46. The van der Waals surface area contributed by atoms with Crippen molar-refractivity contribution >= 4 is 17.3 Å². The van der Waals surface area contributed by atoms with Crippen LogP contribution < -0.4 is 5.73 Å². The molecule has 0 aliphatic carbocycles. The van der Waals surface area contributed by atoms with Gasteiger partial charge in [0.05, 0.1) is 12.2 Å². The molecule has 0 aliphatic heterocycles. The predicted molar refractivity (Wildman–Crippen MR) is 73.5 cm³/mol. The summed E-state index contributed by atoms with van der Waals surface area (Å²) in [5.41, 5.74) is 9.12. The minimum atomic E-state index is 0.572. The van der Waals surface area contributed by atoms with Gasteiger partial charge in [0, 0.05) is 10.7 Å². The van der Waals surface area contributed by atoms with E-state index in [0.717, 1.165) is 17.7 Å². The Hall–Kier alpha value is -1.92. The monoisotopic (exact) mass is 259 g/mol. The van der Waals surface area contributed by atoms with Crippen molar-refractivity contribution in [3.05, 3.63) is 52.3 Å². The van der Waals surface area contributed by atoms with Crippen LogP contribution in [0.1, 0.15) is 23.9 Å². The number of nitrogens with zero attached hydrogens (tertiary/aromatic N) is 2. The minimum absolute atomic E-state index is 0.572. The summed E-state index contributed by atoms with van der Waals surface area (Å²) in [4.78, 5) is 0. The Labute approximate surface area is 111 Å². The lowest BCUT2D eigenvalue weighted by molar-refractivity contribution is 0.743. The lowest BCUT2D eigenvalue weighted by Gasteiger charge is -2.11. The van der Waals surface area contributed by atoms with Gasteiger partial charge in [-0.3, -0.25) is 0 Å². The van der Waals surface area contributed by atoms with Crippen LogP contribution in [0.4, 0.5) is 5.69 Å². The van der Waals surface area contributed by atoms with Gasteiger partial charge in [0.1, 0.15) is 11.8 Å². The fraction of sp³-hybridized carbons (Fsp3) is 0.214. The first kappa shape index (κ1) is 12.5. The van der Waals surface area contributed by atoms with E-state index in [1.807, 2.05) is 35.8 Å². The summed E-state index contributed by atoms with van der Waals surface area (Å²) in [6.45, 7) is 2.60. The second kappa shape index (κ2) is 5.16. The molecule has 1 aromatic heterocycles. The highest BCUT2D eigenvalue weighted by atomic mass is 35.5. The molecule has 0 fully saturated rings. The van der Waals surface area contributed by atoms with Crippen LogP contribution in [0.3, 0.4) is 0 Å². The van der Waals surface area contributed by atoms with Crippen LogP contribution in [0.2, 0.25) is 5.02 Å². The smallest absolute Gasteiger partial charge is 0.122 e. The highest BCUT2D eigenvalue weighted by Crippen LogP contribution is 2.23. The molecule has 0 atom stereocenters. The molecule has 0 saturated heterocycles. The number of rotatable bonds is 3. The summed E-state index contributed by atoms with van der Waals surface area (Å²) in [6.07, 6.45) is 0.790. The zero-order chi connectivity index (χ0) is 13.1. The van der Waals surface area contributed by atoms with E-state index in [-0.39, 0.29) is 0 Å². The van der Waals surface area contributed by atoms with E-state index in [0.29, 0.717) is 22.9 Å². The average molecular weight is 260 g/mol. The zero-order valence-corrected chi connectivity index (χ0v) is 10.9. The highest BCUT2D eigenvalue weighted by molar-refractivity contribution is 6.31. The Bertz CT molecular complexity index is 608. The van der Waals surface area contributed by atoms with Gasteiger partial charge in [-0.25, -0.2) is 0 Å². The number of nitriles is 1. The molecule has 0 aliphatic rings. The number of benzene rings is 1. The molecule has 1 aromatic carbocycles. The van der Waals surface area contributed by atoms with Gasteiger partial charge in [0.25, 0.3) is 0 Å². The average Bonchev–Trinajstić information content (AvgIpc) is 2.67. The molecule has 0 unspecified atom stereocenters. The zero-order valence-electron chi connectivity index (χ0n) is 10.2. The molecule has 0 bridgehead atoms. The standard InChI is InChI=1S/C14H14ClN3/c1-2-14-13(17)7-11(8-16)18(14)9-10-5-3-4-6-12(10)15/h3-7H,2,9,17H2,1H3. The van der Waals surface area contributed by atoms with Crippen molar-refractivity contribution < 1.29 is 0 Å². The van der Waals surface area contributed by atoms with E-state index in [1.165, 1.54) is 0 Å². The molecule has 2 rings (SSSR count). The molecule has 0 amide bonds. The normalized spacial score (nSPS) is 10.3. The van der Waals surface area contributed by atoms with E-state index >= 15 is 0 Å². The summed E-state index contributed by atoms with van der Waals surface area (Å²) in [7, 11) is 0. The topological polar surface area (TPSA) is 54.7 Å². The van der Waals surface area contributed by atoms with Gasteiger partial charge in [-0.1, -0.05) is 36.7 Å². The highest BCUT2D eigenvalue weighted by Gasteiger charge is 2.12. The molecule has 1 heterocycles. The van der Waals surface area contributed by atoms with Gasteiger partial charge >= 0.3 is 0 Å². The molecule has 0 radical (unpaired) electrons. The second-order valence-electron chi connectivity index (χ2n) is 4.07. The Morgan fingerprint density at radius 3 is 2.72 bits per heavy atom. The fourth-order valence-corrected chi connectivity index (χ4v) is 2.27. The summed E-state index contributed by atoms with van der Waals surface area (Å²) in [6, 6.07) is 11.5. The van der Waals surface area contributed by atoms with Crippen LogP contribution in [0.15, 0.2) is 30.3 Å². The molecule has 4 heteroatoms. The van der Waals surface area contributed by atoms with Gasteiger partial charge in [-0.15, -0.1) is 0 Å². The van der Waals surface area contributed by atoms with Crippen molar-refractivity contribution in [3.63, 3.8) is 0 Å². The van der Waals surface area contributed by atoms with Crippen LogP contribution in [0.5, 0.6) is 0 Å².